The predicted octanol–water partition coefficient (Wildman–Crippen LogP) is -0.616. The highest BCUT2D eigenvalue weighted by molar-refractivity contribution is 5.70. The van der Waals surface area contributed by atoms with E-state index in [0.717, 1.165) is 6.54 Å². The molecule has 1 rings (SSSR count). The summed E-state index contributed by atoms with van der Waals surface area (Å²) >= 11 is 0. The maximum absolute atomic E-state index is 10.5. The van der Waals surface area contributed by atoms with Gasteiger partial charge in [0.1, 0.15) is 0 Å². The summed E-state index contributed by atoms with van der Waals surface area (Å²) in [5, 5.41) is 17.9. The number of likely N-dealkylation sites (N-methyl/N-ethyl adjacent to an activating group) is 1. The van der Waals surface area contributed by atoms with Gasteiger partial charge in [0.05, 0.1) is 12.0 Å². The molecule has 64 valence electrons. The Balaban J connectivity index is 2.50. The van der Waals surface area contributed by atoms with Gasteiger partial charge in [-0.1, -0.05) is 0 Å². The number of β-amino-alcohol motifs (C(OH)–C–C–N with tert-alkyl or cyclic N) is 1. The lowest BCUT2D eigenvalue weighted by atomic mass is 9.94. The smallest absolute Gasteiger partial charge is 0.309 e. The molecule has 0 aromatic rings. The summed E-state index contributed by atoms with van der Waals surface area (Å²) in [4.78, 5) is 12.4. The molecule has 1 aliphatic rings. The van der Waals surface area contributed by atoms with E-state index in [1.807, 2.05) is 11.9 Å². The van der Waals surface area contributed by atoms with Crippen LogP contribution in [0.3, 0.4) is 0 Å². The molecule has 4 heteroatoms. The van der Waals surface area contributed by atoms with E-state index < -0.39 is 18.0 Å². The van der Waals surface area contributed by atoms with E-state index in [2.05, 4.69) is 0 Å². The van der Waals surface area contributed by atoms with E-state index in [-0.39, 0.29) is 0 Å². The topological polar surface area (TPSA) is 60.8 Å². The van der Waals surface area contributed by atoms with Crippen molar-refractivity contribution in [3.63, 3.8) is 0 Å². The van der Waals surface area contributed by atoms with Gasteiger partial charge in [-0.25, -0.2) is 0 Å². The third-order valence-electron chi connectivity index (χ3n) is 2.10. The summed E-state index contributed by atoms with van der Waals surface area (Å²) in [6, 6.07) is 0. The first-order valence-corrected chi connectivity index (χ1v) is 3.70. The number of hydrogen-bond donors (Lipinski definition) is 2. The molecular weight excluding hydrogens is 146 g/mol. The van der Waals surface area contributed by atoms with Crippen LogP contribution >= 0.6 is 0 Å². The molecule has 0 radical (unpaired) electrons. The number of piperidine rings is 1. The van der Waals surface area contributed by atoms with Crippen molar-refractivity contribution in [3.8, 4) is 0 Å². The Labute approximate surface area is 65.4 Å². The zero-order chi connectivity index (χ0) is 8.43. The van der Waals surface area contributed by atoms with Gasteiger partial charge >= 0.3 is 5.97 Å². The third-order valence-corrected chi connectivity index (χ3v) is 2.10. The van der Waals surface area contributed by atoms with Gasteiger partial charge < -0.3 is 15.1 Å². The molecule has 0 aromatic carbocycles. The van der Waals surface area contributed by atoms with Crippen molar-refractivity contribution in [2.75, 3.05) is 20.1 Å². The standard InChI is InChI=1S/C7H13NO3/c1-8-3-2-5(7(10)11)6(9)4-8/h5-6,9H,2-4H2,1H3,(H,10,11). The first kappa shape index (κ1) is 8.49. The van der Waals surface area contributed by atoms with Crippen molar-refractivity contribution in [2.24, 2.45) is 5.92 Å². The molecule has 1 saturated heterocycles. The quantitative estimate of drug-likeness (QED) is 0.535. The normalized spacial score (nSPS) is 33.6. The van der Waals surface area contributed by atoms with Crippen LogP contribution in [0.2, 0.25) is 0 Å². The van der Waals surface area contributed by atoms with E-state index in [1.54, 1.807) is 0 Å². The molecule has 2 N–H and O–H groups in total. The summed E-state index contributed by atoms with van der Waals surface area (Å²) < 4.78 is 0. The van der Waals surface area contributed by atoms with E-state index in [0.29, 0.717) is 13.0 Å². The van der Waals surface area contributed by atoms with Crippen LogP contribution in [0.5, 0.6) is 0 Å². The number of rotatable bonds is 1. The van der Waals surface area contributed by atoms with Crippen molar-refractivity contribution in [1.29, 1.82) is 0 Å². The van der Waals surface area contributed by atoms with Crippen LogP contribution in [-0.2, 0) is 4.79 Å². The van der Waals surface area contributed by atoms with Gasteiger partial charge in [-0.15, -0.1) is 0 Å². The van der Waals surface area contributed by atoms with Crippen LogP contribution < -0.4 is 0 Å². The second-order valence-electron chi connectivity index (χ2n) is 3.06. The number of carbonyl (C=O) groups is 1. The zero-order valence-electron chi connectivity index (χ0n) is 6.53. The van der Waals surface area contributed by atoms with Crippen LogP contribution in [0.4, 0.5) is 0 Å². The third kappa shape index (κ3) is 1.91. The van der Waals surface area contributed by atoms with E-state index in [9.17, 15) is 9.90 Å². The maximum Gasteiger partial charge on any atom is 0.309 e. The van der Waals surface area contributed by atoms with Gasteiger partial charge in [-0.2, -0.15) is 0 Å². The van der Waals surface area contributed by atoms with Crippen LogP contribution in [0.25, 0.3) is 0 Å². The molecule has 0 amide bonds. The minimum absolute atomic E-state index is 0.469. The van der Waals surface area contributed by atoms with Gasteiger partial charge in [-0.05, 0) is 20.0 Å². The Morgan fingerprint density at radius 2 is 2.27 bits per heavy atom. The number of aliphatic hydroxyl groups is 1. The fraction of sp³-hybridized carbons (Fsp3) is 0.857. The summed E-state index contributed by atoms with van der Waals surface area (Å²) in [6.45, 7) is 1.23. The highest BCUT2D eigenvalue weighted by atomic mass is 16.4. The predicted molar refractivity (Wildman–Crippen MR) is 39.2 cm³/mol. The zero-order valence-corrected chi connectivity index (χ0v) is 6.53. The number of carboxylic acids is 1. The van der Waals surface area contributed by atoms with E-state index in [1.165, 1.54) is 0 Å². The van der Waals surface area contributed by atoms with Crippen molar-refractivity contribution >= 4 is 5.97 Å². The van der Waals surface area contributed by atoms with Crippen LogP contribution in [-0.4, -0.2) is 47.3 Å². The molecule has 0 saturated carbocycles. The Morgan fingerprint density at radius 3 is 2.73 bits per heavy atom. The Hall–Kier alpha value is -0.610. The molecule has 4 nitrogen and oxygen atoms in total. The SMILES string of the molecule is CN1CCC(C(=O)O)C(O)C1. The van der Waals surface area contributed by atoms with E-state index in [4.69, 9.17) is 5.11 Å². The lowest BCUT2D eigenvalue weighted by molar-refractivity contribution is -0.148. The second-order valence-corrected chi connectivity index (χ2v) is 3.06. The molecule has 11 heavy (non-hydrogen) atoms. The van der Waals surface area contributed by atoms with Gasteiger partial charge in [-0.3, -0.25) is 4.79 Å². The molecule has 1 fully saturated rings. The number of carboxylic acid groups (broad SMARTS) is 1. The summed E-state index contributed by atoms with van der Waals surface area (Å²) in [5.74, 6) is -1.45. The molecule has 1 heterocycles. The highest BCUT2D eigenvalue weighted by Crippen LogP contribution is 2.16. The number of hydrogen-bond acceptors (Lipinski definition) is 3. The lowest BCUT2D eigenvalue weighted by Gasteiger charge is -2.30. The van der Waals surface area contributed by atoms with Crippen LogP contribution in [0, 0.1) is 5.92 Å². The first-order chi connectivity index (χ1) is 5.11. The van der Waals surface area contributed by atoms with E-state index >= 15 is 0 Å². The molecule has 0 spiro atoms. The maximum atomic E-state index is 10.5. The Kier molecular flexibility index (Phi) is 2.46. The summed E-state index contributed by atoms with van der Waals surface area (Å²) in [6.07, 6.45) is -0.154. The highest BCUT2D eigenvalue weighted by Gasteiger charge is 2.30. The van der Waals surface area contributed by atoms with Crippen molar-refractivity contribution < 1.29 is 15.0 Å². The summed E-state index contributed by atoms with van der Waals surface area (Å²) in [7, 11) is 1.88. The molecule has 1 aliphatic heterocycles. The van der Waals surface area contributed by atoms with Gasteiger partial charge in [0.15, 0.2) is 0 Å². The lowest BCUT2D eigenvalue weighted by Crippen LogP contribution is -2.44. The molecule has 0 aromatic heterocycles. The minimum Gasteiger partial charge on any atom is -0.481 e. The van der Waals surface area contributed by atoms with Crippen molar-refractivity contribution in [2.45, 2.75) is 12.5 Å². The molecule has 0 bridgehead atoms. The number of aliphatic hydroxyl groups excluding tert-OH is 1. The summed E-state index contributed by atoms with van der Waals surface area (Å²) in [5.41, 5.74) is 0. The average molecular weight is 159 g/mol. The fourth-order valence-corrected chi connectivity index (χ4v) is 1.38. The molecule has 2 atom stereocenters. The largest absolute Gasteiger partial charge is 0.481 e. The number of aliphatic carboxylic acids is 1. The van der Waals surface area contributed by atoms with Crippen molar-refractivity contribution in [3.05, 3.63) is 0 Å². The van der Waals surface area contributed by atoms with Crippen LogP contribution in [0.1, 0.15) is 6.42 Å². The molecule has 0 aliphatic carbocycles. The Bertz CT molecular complexity index is 160. The Morgan fingerprint density at radius 1 is 1.64 bits per heavy atom. The van der Waals surface area contributed by atoms with Gasteiger partial charge in [0.2, 0.25) is 0 Å². The fourth-order valence-electron chi connectivity index (χ4n) is 1.38. The second kappa shape index (κ2) is 3.19. The van der Waals surface area contributed by atoms with Gasteiger partial charge in [0.25, 0.3) is 0 Å². The number of nitrogens with zero attached hydrogens (tertiary/aromatic N) is 1. The van der Waals surface area contributed by atoms with Gasteiger partial charge in [0, 0.05) is 6.54 Å². The number of likely N-dealkylation sites (tertiary alicyclic amines) is 1. The average Bonchev–Trinajstić information content (AvgIpc) is 1.85. The first-order valence-electron chi connectivity index (χ1n) is 3.70. The molecular formula is C7H13NO3. The van der Waals surface area contributed by atoms with Crippen LogP contribution in [0.15, 0.2) is 0 Å². The minimum atomic E-state index is -0.884. The van der Waals surface area contributed by atoms with Crippen molar-refractivity contribution in [1.82, 2.24) is 4.90 Å². The monoisotopic (exact) mass is 159 g/mol. The molecule has 2 unspecified atom stereocenters.